The first-order valence-electron chi connectivity index (χ1n) is 11.8. The predicted molar refractivity (Wildman–Crippen MR) is 128 cm³/mol. The largest absolute Gasteiger partial charge is 0.452 e. The minimum atomic E-state index is -0.663. The van der Waals surface area contributed by atoms with Gasteiger partial charge in [-0.1, -0.05) is 49.1 Å². The molecule has 1 N–H and O–H groups in total. The number of amides is 2. The smallest absolute Gasteiger partial charge is 0.339 e. The summed E-state index contributed by atoms with van der Waals surface area (Å²) in [5.41, 5.74) is 3.42. The van der Waals surface area contributed by atoms with Crippen LogP contribution in [0.1, 0.15) is 67.9 Å². The second-order valence-corrected chi connectivity index (χ2v) is 9.16. The average Bonchev–Trinajstić information content (AvgIpc) is 3.27. The number of hydrogen-bond donors (Lipinski definition) is 1. The van der Waals surface area contributed by atoms with E-state index in [1.165, 1.54) is 0 Å². The highest BCUT2D eigenvalue weighted by Gasteiger charge is 2.24. The molecule has 0 saturated heterocycles. The van der Waals surface area contributed by atoms with Gasteiger partial charge in [-0.3, -0.25) is 14.9 Å². The summed E-state index contributed by atoms with van der Waals surface area (Å²) in [6.45, 7) is 5.44. The summed E-state index contributed by atoms with van der Waals surface area (Å²) >= 11 is 0. The maximum Gasteiger partial charge on any atom is 0.339 e. The molecule has 1 fully saturated rings. The third-order valence-corrected chi connectivity index (χ3v) is 6.20. The second kappa shape index (κ2) is 10.2. The fraction of sp³-hybridized carbons (Fsp3) is 0.423. The Kier molecular flexibility index (Phi) is 7.05. The molecule has 3 aromatic rings. The lowest BCUT2D eigenvalue weighted by atomic mass is 9.89. The van der Waals surface area contributed by atoms with Crippen LogP contribution in [0.3, 0.4) is 0 Å². The lowest BCUT2D eigenvalue weighted by molar-refractivity contribution is -0.135. The first-order valence-corrected chi connectivity index (χ1v) is 11.8. The molecular formula is C26H30N4O4. The van der Waals surface area contributed by atoms with Crippen molar-refractivity contribution < 1.29 is 19.1 Å². The molecule has 178 valence electrons. The van der Waals surface area contributed by atoms with Gasteiger partial charge < -0.3 is 4.74 Å². The van der Waals surface area contributed by atoms with Gasteiger partial charge in [-0.15, -0.1) is 0 Å². The molecule has 2 aromatic heterocycles. The average molecular weight is 463 g/mol. The summed E-state index contributed by atoms with van der Waals surface area (Å²) in [6.07, 6.45) is 6.27. The highest BCUT2D eigenvalue weighted by atomic mass is 16.5. The van der Waals surface area contributed by atoms with E-state index in [-0.39, 0.29) is 23.4 Å². The van der Waals surface area contributed by atoms with Gasteiger partial charge in [0.05, 0.1) is 22.8 Å². The Morgan fingerprint density at radius 3 is 2.50 bits per heavy atom. The van der Waals surface area contributed by atoms with Gasteiger partial charge in [0, 0.05) is 17.5 Å². The molecule has 8 nitrogen and oxygen atoms in total. The Morgan fingerprint density at radius 1 is 1.12 bits per heavy atom. The summed E-state index contributed by atoms with van der Waals surface area (Å²) in [4.78, 5) is 42.3. The van der Waals surface area contributed by atoms with E-state index < -0.39 is 18.5 Å². The van der Waals surface area contributed by atoms with Crippen LogP contribution >= 0.6 is 0 Å². The molecule has 8 heteroatoms. The van der Waals surface area contributed by atoms with Crippen LogP contribution in [0.5, 0.6) is 0 Å². The fourth-order valence-electron chi connectivity index (χ4n) is 4.29. The van der Waals surface area contributed by atoms with E-state index in [4.69, 9.17) is 9.72 Å². The van der Waals surface area contributed by atoms with Gasteiger partial charge in [-0.2, -0.15) is 5.10 Å². The molecule has 0 atom stereocenters. The number of carbonyl (C=O) groups is 3. The molecule has 0 radical (unpaired) electrons. The van der Waals surface area contributed by atoms with E-state index in [9.17, 15) is 14.4 Å². The van der Waals surface area contributed by atoms with Crippen LogP contribution in [0.25, 0.3) is 22.3 Å². The number of imide groups is 1. The SMILES string of the molecule is Cc1ccc(-c2cc(C(=O)OCC(=O)NC(=O)C3CCCCC3)c3cnn(C(C)C)c3n2)cc1. The molecule has 4 rings (SSSR count). The van der Waals surface area contributed by atoms with Gasteiger partial charge in [0.1, 0.15) is 0 Å². The number of hydrogen-bond acceptors (Lipinski definition) is 6. The summed E-state index contributed by atoms with van der Waals surface area (Å²) < 4.78 is 7.05. The maximum atomic E-state index is 13.0. The van der Waals surface area contributed by atoms with Gasteiger partial charge >= 0.3 is 5.97 Å². The zero-order valence-corrected chi connectivity index (χ0v) is 19.8. The van der Waals surface area contributed by atoms with Crippen LogP contribution in [0.15, 0.2) is 36.5 Å². The third-order valence-electron chi connectivity index (χ3n) is 6.20. The van der Waals surface area contributed by atoms with Gasteiger partial charge in [0.25, 0.3) is 5.91 Å². The molecule has 2 heterocycles. The standard InChI is InChI=1S/C26H30N4O4/c1-16(2)30-24-21(14-27-30)20(13-22(28-24)18-11-9-17(3)10-12-18)26(33)34-15-23(31)29-25(32)19-7-5-4-6-8-19/h9-14,16,19H,4-8,15H2,1-3H3,(H,29,31,32). The first kappa shape index (κ1) is 23.6. The molecule has 1 aromatic carbocycles. The number of aryl methyl sites for hydroxylation is 1. The Morgan fingerprint density at radius 2 is 1.82 bits per heavy atom. The topological polar surface area (TPSA) is 103 Å². The molecule has 0 aliphatic heterocycles. The van der Waals surface area contributed by atoms with E-state index in [0.29, 0.717) is 16.7 Å². The van der Waals surface area contributed by atoms with Gasteiger partial charge in [-0.25, -0.2) is 14.5 Å². The second-order valence-electron chi connectivity index (χ2n) is 9.16. The van der Waals surface area contributed by atoms with E-state index >= 15 is 0 Å². The van der Waals surface area contributed by atoms with Crippen LogP contribution in [0, 0.1) is 12.8 Å². The molecule has 0 unspecified atom stereocenters. The van der Waals surface area contributed by atoms with Crippen LogP contribution in [-0.4, -0.2) is 39.2 Å². The van der Waals surface area contributed by atoms with Gasteiger partial charge in [0.15, 0.2) is 12.3 Å². The molecule has 34 heavy (non-hydrogen) atoms. The van der Waals surface area contributed by atoms with Crippen molar-refractivity contribution in [3.8, 4) is 11.3 Å². The fourth-order valence-corrected chi connectivity index (χ4v) is 4.29. The van der Waals surface area contributed by atoms with Crippen LogP contribution in [0.4, 0.5) is 0 Å². The van der Waals surface area contributed by atoms with Crippen molar-refractivity contribution in [2.75, 3.05) is 6.61 Å². The van der Waals surface area contributed by atoms with Crippen molar-refractivity contribution in [2.24, 2.45) is 5.92 Å². The Hall–Kier alpha value is -3.55. The van der Waals surface area contributed by atoms with E-state index in [0.717, 1.165) is 43.2 Å². The molecule has 1 aliphatic rings. The zero-order valence-electron chi connectivity index (χ0n) is 19.8. The van der Waals surface area contributed by atoms with E-state index in [1.54, 1.807) is 16.9 Å². The quantitative estimate of drug-likeness (QED) is 0.546. The van der Waals surface area contributed by atoms with Crippen molar-refractivity contribution in [3.63, 3.8) is 0 Å². The summed E-state index contributed by atoms with van der Waals surface area (Å²) in [7, 11) is 0. The van der Waals surface area contributed by atoms with E-state index in [1.807, 2.05) is 45.0 Å². The number of benzene rings is 1. The molecule has 1 aliphatic carbocycles. The Balaban J connectivity index is 1.54. The monoisotopic (exact) mass is 462 g/mol. The van der Waals surface area contributed by atoms with Crippen molar-refractivity contribution in [1.82, 2.24) is 20.1 Å². The lowest BCUT2D eigenvalue weighted by Gasteiger charge is -2.20. The van der Waals surface area contributed by atoms with E-state index in [2.05, 4.69) is 10.4 Å². The highest BCUT2D eigenvalue weighted by molar-refractivity contribution is 6.05. The number of esters is 1. The van der Waals surface area contributed by atoms with Crippen LogP contribution in [0.2, 0.25) is 0 Å². The molecule has 1 saturated carbocycles. The zero-order chi connectivity index (χ0) is 24.2. The van der Waals surface area contributed by atoms with Crippen LogP contribution in [-0.2, 0) is 14.3 Å². The summed E-state index contributed by atoms with van der Waals surface area (Å²) in [5, 5.41) is 7.32. The Bertz CT molecular complexity index is 1210. The Labute approximate surface area is 198 Å². The van der Waals surface area contributed by atoms with Gasteiger partial charge in [-0.05, 0) is 39.7 Å². The number of pyridine rings is 1. The number of carbonyl (C=O) groups excluding carboxylic acids is 3. The molecule has 0 bridgehead atoms. The number of rotatable bonds is 6. The van der Waals surface area contributed by atoms with Crippen molar-refractivity contribution >= 4 is 28.8 Å². The first-order chi connectivity index (χ1) is 16.3. The van der Waals surface area contributed by atoms with Crippen LogP contribution < -0.4 is 5.32 Å². The summed E-state index contributed by atoms with van der Waals surface area (Å²) in [6, 6.07) is 9.54. The van der Waals surface area contributed by atoms with Gasteiger partial charge in [0.2, 0.25) is 5.91 Å². The minimum absolute atomic E-state index is 0.0405. The lowest BCUT2D eigenvalue weighted by Crippen LogP contribution is -2.38. The summed E-state index contributed by atoms with van der Waals surface area (Å²) in [5.74, 6) is -1.71. The highest BCUT2D eigenvalue weighted by Crippen LogP contribution is 2.27. The number of nitrogens with zero attached hydrogens (tertiary/aromatic N) is 3. The predicted octanol–water partition coefficient (Wildman–Crippen LogP) is 4.37. The molecule has 2 amide bonds. The minimum Gasteiger partial charge on any atom is -0.452 e. The van der Waals surface area contributed by atoms with Crippen molar-refractivity contribution in [1.29, 1.82) is 0 Å². The molecule has 0 spiro atoms. The number of fused-ring (bicyclic) bond motifs is 1. The molecular weight excluding hydrogens is 432 g/mol. The number of ether oxygens (including phenoxy) is 1. The normalized spacial score (nSPS) is 14.4. The maximum absolute atomic E-state index is 13.0. The van der Waals surface area contributed by atoms with Crippen molar-refractivity contribution in [2.45, 2.75) is 58.9 Å². The third kappa shape index (κ3) is 5.16. The number of nitrogens with one attached hydrogen (secondary N) is 1. The number of aromatic nitrogens is 3. The van der Waals surface area contributed by atoms with Crippen molar-refractivity contribution in [3.05, 3.63) is 47.7 Å².